The van der Waals surface area contributed by atoms with Gasteiger partial charge in [0.25, 0.3) is 0 Å². The molecule has 0 spiro atoms. The van der Waals surface area contributed by atoms with Crippen molar-refractivity contribution < 1.29 is 0 Å². The van der Waals surface area contributed by atoms with E-state index in [0.717, 1.165) is 6.42 Å². The largest absolute Gasteiger partial charge is 0.136 e. The Balaban J connectivity index is 1.45. The van der Waals surface area contributed by atoms with Crippen molar-refractivity contribution in [1.29, 1.82) is 0 Å². The quantitative estimate of drug-likeness (QED) is 0.216. The van der Waals surface area contributed by atoms with E-state index in [2.05, 4.69) is 72.8 Å². The number of hydrogen-bond acceptors (Lipinski definition) is 3. The molecule has 0 atom stereocenters. The Hall–Kier alpha value is -2.72. The van der Waals surface area contributed by atoms with Gasteiger partial charge in [-0.05, 0) is 83.1 Å². The van der Waals surface area contributed by atoms with Crippen molar-refractivity contribution in [3.63, 3.8) is 0 Å². The SMILES string of the molecule is C1=Cc2sc3cc4cc5c(cc4cc3c2CC1)sc1cc2c(cc15)sc1ccccc12. The van der Waals surface area contributed by atoms with Crippen LogP contribution in [0.1, 0.15) is 16.9 Å². The molecule has 1 aliphatic carbocycles. The zero-order valence-corrected chi connectivity index (χ0v) is 19.0. The van der Waals surface area contributed by atoms with Gasteiger partial charge in [-0.15, -0.1) is 34.0 Å². The molecule has 0 saturated heterocycles. The van der Waals surface area contributed by atoms with Gasteiger partial charge in [0.05, 0.1) is 0 Å². The van der Waals surface area contributed by atoms with E-state index in [1.165, 1.54) is 72.5 Å². The standard InChI is InChI=1S/C28H16S3/c1-3-7-23-17(5-1)19-9-15-12-26-20(10-16(15)11-25(19)29-23)22-14-27-21(13-28(22)31-26)18-6-2-4-8-24(18)30-27/h2-4,6-14H,1,5H2. The number of hydrogen-bond donors (Lipinski definition) is 0. The molecule has 0 radical (unpaired) electrons. The predicted octanol–water partition coefficient (Wildman–Crippen LogP) is 9.75. The maximum Gasteiger partial charge on any atom is 0.0362 e. The topological polar surface area (TPSA) is 0 Å². The van der Waals surface area contributed by atoms with Gasteiger partial charge in [-0.25, -0.2) is 0 Å². The summed E-state index contributed by atoms with van der Waals surface area (Å²) >= 11 is 5.79. The van der Waals surface area contributed by atoms with Gasteiger partial charge in [-0.3, -0.25) is 0 Å². The lowest BCUT2D eigenvalue weighted by atomic mass is 9.98. The molecule has 0 bridgehead atoms. The Kier molecular flexibility index (Phi) is 3.24. The highest BCUT2D eigenvalue weighted by Crippen LogP contribution is 2.44. The molecule has 0 nitrogen and oxygen atoms in total. The Bertz CT molecular complexity index is 1890. The van der Waals surface area contributed by atoms with Gasteiger partial charge in [-0.2, -0.15) is 0 Å². The monoisotopic (exact) mass is 448 g/mol. The number of aryl methyl sites for hydroxylation is 1. The number of allylic oxidation sites excluding steroid dienone is 1. The molecule has 0 saturated carbocycles. The van der Waals surface area contributed by atoms with Crippen LogP contribution >= 0.6 is 34.0 Å². The second kappa shape index (κ2) is 5.95. The third-order valence-electron chi connectivity index (χ3n) is 6.70. The number of thiophene rings is 3. The molecule has 3 aromatic heterocycles. The second-order valence-electron chi connectivity index (χ2n) is 8.47. The molecule has 31 heavy (non-hydrogen) atoms. The first kappa shape index (κ1) is 16.9. The van der Waals surface area contributed by atoms with E-state index in [0.29, 0.717) is 0 Å². The lowest BCUT2D eigenvalue weighted by Crippen LogP contribution is -1.88. The summed E-state index contributed by atoms with van der Waals surface area (Å²) < 4.78 is 6.98. The van der Waals surface area contributed by atoms with Crippen molar-refractivity contribution in [2.24, 2.45) is 0 Å². The maximum absolute atomic E-state index is 2.44. The summed E-state index contributed by atoms with van der Waals surface area (Å²) in [5.74, 6) is 0. The van der Waals surface area contributed by atoms with Crippen LogP contribution in [0.15, 0.2) is 66.7 Å². The van der Waals surface area contributed by atoms with Crippen molar-refractivity contribution in [2.75, 3.05) is 0 Å². The van der Waals surface area contributed by atoms with Crippen molar-refractivity contribution in [1.82, 2.24) is 0 Å². The lowest BCUT2D eigenvalue weighted by Gasteiger charge is -2.05. The predicted molar refractivity (Wildman–Crippen MR) is 142 cm³/mol. The first-order valence-electron chi connectivity index (χ1n) is 10.7. The molecule has 0 fully saturated rings. The fourth-order valence-electron chi connectivity index (χ4n) is 5.21. The van der Waals surface area contributed by atoms with Crippen molar-refractivity contribution in [3.8, 4) is 0 Å². The summed E-state index contributed by atoms with van der Waals surface area (Å²) in [7, 11) is 0. The van der Waals surface area contributed by atoms with E-state index in [4.69, 9.17) is 0 Å². The van der Waals surface area contributed by atoms with Crippen LogP contribution in [0, 0.1) is 0 Å². The zero-order chi connectivity index (χ0) is 20.1. The van der Waals surface area contributed by atoms with E-state index in [1.54, 1.807) is 5.56 Å². The minimum Gasteiger partial charge on any atom is -0.136 e. The Morgan fingerprint density at radius 3 is 2.06 bits per heavy atom. The highest BCUT2D eigenvalue weighted by molar-refractivity contribution is 7.27. The Morgan fingerprint density at radius 2 is 1.19 bits per heavy atom. The summed E-state index contributed by atoms with van der Waals surface area (Å²) in [5, 5.41) is 9.76. The van der Waals surface area contributed by atoms with E-state index < -0.39 is 0 Å². The van der Waals surface area contributed by atoms with Crippen LogP contribution in [0.3, 0.4) is 0 Å². The highest BCUT2D eigenvalue weighted by Gasteiger charge is 2.15. The summed E-state index contributed by atoms with van der Waals surface area (Å²) in [6.07, 6.45) is 6.97. The van der Waals surface area contributed by atoms with Gasteiger partial charge in [0.1, 0.15) is 0 Å². The summed E-state index contributed by atoms with van der Waals surface area (Å²) in [4.78, 5) is 1.45. The highest BCUT2D eigenvalue weighted by atomic mass is 32.1. The molecular formula is C28H16S3. The number of benzene rings is 4. The van der Waals surface area contributed by atoms with Gasteiger partial charge in [0.2, 0.25) is 0 Å². The third-order valence-corrected chi connectivity index (χ3v) is 10.1. The van der Waals surface area contributed by atoms with Crippen LogP contribution in [0.25, 0.3) is 67.3 Å². The lowest BCUT2D eigenvalue weighted by molar-refractivity contribution is 1.01. The molecule has 3 heterocycles. The average Bonchev–Trinajstić information content (AvgIpc) is 3.45. The van der Waals surface area contributed by atoms with Gasteiger partial charge >= 0.3 is 0 Å². The molecule has 0 aliphatic heterocycles. The first-order chi connectivity index (χ1) is 15.3. The van der Waals surface area contributed by atoms with Crippen LogP contribution in [-0.4, -0.2) is 0 Å². The smallest absolute Gasteiger partial charge is 0.0362 e. The van der Waals surface area contributed by atoms with Crippen LogP contribution in [0.4, 0.5) is 0 Å². The zero-order valence-electron chi connectivity index (χ0n) is 16.6. The molecule has 1 aliphatic rings. The number of fused-ring (bicyclic) bond motifs is 10. The fraction of sp³-hybridized carbons (Fsp3) is 0.0714. The minimum atomic E-state index is 1.16. The van der Waals surface area contributed by atoms with Gasteiger partial charge < -0.3 is 0 Å². The van der Waals surface area contributed by atoms with Crippen LogP contribution in [0.2, 0.25) is 0 Å². The molecule has 7 aromatic rings. The molecule has 0 amide bonds. The van der Waals surface area contributed by atoms with Crippen LogP contribution in [-0.2, 0) is 6.42 Å². The summed E-state index contributed by atoms with van der Waals surface area (Å²) in [5.41, 5.74) is 1.55. The molecule has 146 valence electrons. The van der Waals surface area contributed by atoms with Crippen LogP contribution in [0.5, 0.6) is 0 Å². The molecular weight excluding hydrogens is 433 g/mol. The van der Waals surface area contributed by atoms with E-state index >= 15 is 0 Å². The summed E-state index contributed by atoms with van der Waals surface area (Å²) in [6.45, 7) is 0. The third kappa shape index (κ3) is 2.29. The first-order valence-corrected chi connectivity index (χ1v) is 13.1. The number of rotatable bonds is 0. The summed E-state index contributed by atoms with van der Waals surface area (Å²) in [6, 6.07) is 23.3. The molecule has 0 N–H and O–H groups in total. The second-order valence-corrected chi connectivity index (χ2v) is 11.7. The van der Waals surface area contributed by atoms with Crippen molar-refractivity contribution in [2.45, 2.75) is 12.8 Å². The normalized spacial score (nSPS) is 14.1. The van der Waals surface area contributed by atoms with Crippen molar-refractivity contribution >= 4 is 101 Å². The van der Waals surface area contributed by atoms with Gasteiger partial charge in [0, 0.05) is 49.9 Å². The molecule has 0 unspecified atom stereocenters. The van der Waals surface area contributed by atoms with Crippen molar-refractivity contribution in [3.05, 3.63) is 77.2 Å². The molecule has 4 aromatic carbocycles. The van der Waals surface area contributed by atoms with Gasteiger partial charge in [-0.1, -0.05) is 24.3 Å². The van der Waals surface area contributed by atoms with E-state index in [1.807, 2.05) is 34.0 Å². The minimum absolute atomic E-state index is 1.16. The Morgan fingerprint density at radius 1 is 0.548 bits per heavy atom. The van der Waals surface area contributed by atoms with Gasteiger partial charge in [0.15, 0.2) is 0 Å². The molecule has 3 heteroatoms. The molecule has 8 rings (SSSR count). The Labute approximate surface area is 190 Å². The average molecular weight is 449 g/mol. The van der Waals surface area contributed by atoms with E-state index in [-0.39, 0.29) is 0 Å². The van der Waals surface area contributed by atoms with E-state index in [9.17, 15) is 0 Å². The maximum atomic E-state index is 2.44. The van der Waals surface area contributed by atoms with Crippen LogP contribution < -0.4 is 0 Å². The fourth-order valence-corrected chi connectivity index (χ4v) is 8.71.